The zero-order chi connectivity index (χ0) is 21.1. The van der Waals surface area contributed by atoms with Crippen LogP contribution in [0.15, 0.2) is 53.4 Å². The van der Waals surface area contributed by atoms with Crippen molar-refractivity contribution >= 4 is 15.7 Å². The molecule has 2 unspecified atom stereocenters. The average molecular weight is 438 g/mol. The number of benzene rings is 2. The molecule has 1 spiro atoms. The third-order valence-electron chi connectivity index (χ3n) is 7.98. The number of hydrogen-bond acceptors (Lipinski definition) is 4. The van der Waals surface area contributed by atoms with Crippen molar-refractivity contribution < 1.29 is 8.42 Å². The number of sulfonamides is 1. The van der Waals surface area contributed by atoms with Gasteiger partial charge in [-0.15, -0.1) is 0 Å². The quantitative estimate of drug-likeness (QED) is 0.753. The van der Waals surface area contributed by atoms with Gasteiger partial charge in [0, 0.05) is 24.5 Å². The molecule has 2 N–H and O–H groups in total. The fraction of sp³-hybridized carbons (Fsp3) is 0.520. The van der Waals surface area contributed by atoms with E-state index in [9.17, 15) is 8.42 Å². The summed E-state index contributed by atoms with van der Waals surface area (Å²) in [6.07, 6.45) is 7.36. The molecule has 0 bridgehead atoms. The second-order valence-corrected chi connectivity index (χ2v) is 11.9. The van der Waals surface area contributed by atoms with Crippen LogP contribution in [0, 0.1) is 5.41 Å². The molecule has 0 radical (unpaired) electrons. The third-order valence-corrected chi connectivity index (χ3v) is 9.81. The minimum atomic E-state index is -3.49. The Kier molecular flexibility index (Phi) is 4.67. The molecule has 2 atom stereocenters. The van der Waals surface area contributed by atoms with Crippen molar-refractivity contribution in [3.8, 4) is 0 Å². The number of hydrogen-bond donors (Lipinski definition) is 2. The first-order valence-corrected chi connectivity index (χ1v) is 13.2. The van der Waals surface area contributed by atoms with Crippen LogP contribution in [-0.4, -0.2) is 40.1 Å². The lowest BCUT2D eigenvalue weighted by Gasteiger charge is -2.51. The number of anilines is 1. The van der Waals surface area contributed by atoms with Crippen LogP contribution >= 0.6 is 0 Å². The number of rotatable bonds is 5. The lowest BCUT2D eigenvalue weighted by molar-refractivity contribution is 0.0449. The molecule has 2 heterocycles. The van der Waals surface area contributed by atoms with Crippen LogP contribution in [0.3, 0.4) is 0 Å². The van der Waals surface area contributed by atoms with Gasteiger partial charge in [-0.2, -0.15) is 0 Å². The molecule has 2 aromatic carbocycles. The first-order valence-electron chi connectivity index (χ1n) is 11.7. The van der Waals surface area contributed by atoms with Gasteiger partial charge in [0.2, 0.25) is 0 Å². The Balaban J connectivity index is 1.11. The molecule has 31 heavy (non-hydrogen) atoms. The number of fused-ring (bicyclic) bond motifs is 1. The topological polar surface area (TPSA) is 61.4 Å². The number of nitrogens with zero attached hydrogens (tertiary/aromatic N) is 1. The molecule has 4 aliphatic rings. The zero-order valence-electron chi connectivity index (χ0n) is 17.9. The van der Waals surface area contributed by atoms with Gasteiger partial charge >= 0.3 is 0 Å². The smallest absolute Gasteiger partial charge is 0.264 e. The number of nitrogens with one attached hydrogen (secondary N) is 2. The zero-order valence-corrected chi connectivity index (χ0v) is 18.7. The van der Waals surface area contributed by atoms with E-state index in [1.54, 1.807) is 28.6 Å². The van der Waals surface area contributed by atoms with E-state index in [4.69, 9.17) is 0 Å². The molecule has 0 amide bonds. The molecule has 3 fully saturated rings. The maximum absolute atomic E-state index is 13.1. The highest BCUT2D eigenvalue weighted by Gasteiger charge is 2.48. The van der Waals surface area contributed by atoms with Gasteiger partial charge in [-0.3, -0.25) is 4.31 Å². The minimum absolute atomic E-state index is 0.366. The SMILES string of the molecule is O=S(=O)(c1ccccc1)N1CCc2cc(C3CC3NC3CC4(CCNCC4)C3)ccc21. The summed E-state index contributed by atoms with van der Waals surface area (Å²) in [6.45, 7) is 2.90. The Morgan fingerprint density at radius 3 is 2.58 bits per heavy atom. The Labute approximate surface area is 185 Å². The summed E-state index contributed by atoms with van der Waals surface area (Å²) in [4.78, 5) is 0.366. The summed E-state index contributed by atoms with van der Waals surface area (Å²) in [5.41, 5.74) is 4.00. The van der Waals surface area contributed by atoms with Gasteiger partial charge in [0.25, 0.3) is 10.0 Å². The summed E-state index contributed by atoms with van der Waals surface area (Å²) in [5, 5.41) is 7.39. The van der Waals surface area contributed by atoms with E-state index in [1.807, 2.05) is 12.1 Å². The van der Waals surface area contributed by atoms with Gasteiger partial charge in [0.15, 0.2) is 0 Å². The van der Waals surface area contributed by atoms with Crippen molar-refractivity contribution in [2.75, 3.05) is 23.9 Å². The van der Waals surface area contributed by atoms with E-state index in [-0.39, 0.29) is 0 Å². The van der Waals surface area contributed by atoms with E-state index >= 15 is 0 Å². The summed E-state index contributed by atoms with van der Waals surface area (Å²) in [5.74, 6) is 0.578. The van der Waals surface area contributed by atoms with Crippen molar-refractivity contribution in [1.82, 2.24) is 10.6 Å². The van der Waals surface area contributed by atoms with Gasteiger partial charge < -0.3 is 10.6 Å². The monoisotopic (exact) mass is 437 g/mol. The van der Waals surface area contributed by atoms with Crippen LogP contribution in [0.2, 0.25) is 0 Å². The van der Waals surface area contributed by atoms with Gasteiger partial charge in [-0.25, -0.2) is 8.42 Å². The molecule has 6 heteroatoms. The molecule has 6 rings (SSSR count). The molecular formula is C25H31N3O2S. The van der Waals surface area contributed by atoms with E-state index in [0.717, 1.165) is 12.1 Å². The summed E-state index contributed by atoms with van der Waals surface area (Å²) in [7, 11) is -3.49. The summed E-state index contributed by atoms with van der Waals surface area (Å²) < 4.78 is 27.7. The van der Waals surface area contributed by atoms with E-state index < -0.39 is 10.0 Å². The van der Waals surface area contributed by atoms with Crippen molar-refractivity contribution in [3.05, 3.63) is 59.7 Å². The first-order chi connectivity index (χ1) is 15.0. The Morgan fingerprint density at radius 1 is 1.03 bits per heavy atom. The maximum atomic E-state index is 13.1. The summed E-state index contributed by atoms with van der Waals surface area (Å²) in [6, 6.07) is 16.5. The normalized spacial score (nSPS) is 27.2. The molecule has 0 aromatic heterocycles. The van der Waals surface area contributed by atoms with Crippen LogP contribution < -0.4 is 14.9 Å². The van der Waals surface area contributed by atoms with Crippen LogP contribution in [0.25, 0.3) is 0 Å². The van der Waals surface area contributed by atoms with Crippen molar-refractivity contribution in [1.29, 1.82) is 0 Å². The van der Waals surface area contributed by atoms with Crippen molar-refractivity contribution in [2.45, 2.75) is 61.4 Å². The highest BCUT2D eigenvalue weighted by Crippen LogP contribution is 2.50. The van der Waals surface area contributed by atoms with E-state index in [0.29, 0.717) is 34.9 Å². The van der Waals surface area contributed by atoms with E-state index in [1.165, 1.54) is 56.3 Å². The van der Waals surface area contributed by atoms with E-state index in [2.05, 4.69) is 22.8 Å². The van der Waals surface area contributed by atoms with Gasteiger partial charge in [-0.1, -0.05) is 30.3 Å². The van der Waals surface area contributed by atoms with Crippen molar-refractivity contribution in [2.24, 2.45) is 5.41 Å². The number of piperidine rings is 1. The fourth-order valence-electron chi connectivity index (χ4n) is 6.11. The van der Waals surface area contributed by atoms with Gasteiger partial charge in [-0.05, 0) is 86.4 Å². The van der Waals surface area contributed by atoms with Crippen LogP contribution in [0.1, 0.15) is 49.1 Å². The molecule has 1 saturated heterocycles. The van der Waals surface area contributed by atoms with Gasteiger partial charge in [0.1, 0.15) is 0 Å². The predicted molar refractivity (Wildman–Crippen MR) is 123 cm³/mol. The molecular weight excluding hydrogens is 406 g/mol. The highest BCUT2D eigenvalue weighted by molar-refractivity contribution is 7.92. The molecule has 2 aliphatic heterocycles. The van der Waals surface area contributed by atoms with Gasteiger partial charge in [0.05, 0.1) is 10.6 Å². The maximum Gasteiger partial charge on any atom is 0.264 e. The van der Waals surface area contributed by atoms with Crippen LogP contribution in [0.4, 0.5) is 5.69 Å². The lowest BCUT2D eigenvalue weighted by atomic mass is 9.60. The summed E-state index contributed by atoms with van der Waals surface area (Å²) >= 11 is 0. The van der Waals surface area contributed by atoms with Crippen LogP contribution in [-0.2, 0) is 16.4 Å². The first kappa shape index (κ1) is 19.8. The third kappa shape index (κ3) is 3.49. The minimum Gasteiger partial charge on any atom is -0.317 e. The van der Waals surface area contributed by atoms with Crippen LogP contribution in [0.5, 0.6) is 0 Å². The largest absolute Gasteiger partial charge is 0.317 e. The molecule has 2 aromatic rings. The highest BCUT2D eigenvalue weighted by atomic mass is 32.2. The molecule has 5 nitrogen and oxygen atoms in total. The van der Waals surface area contributed by atoms with Crippen molar-refractivity contribution in [3.63, 3.8) is 0 Å². The lowest BCUT2D eigenvalue weighted by Crippen LogP contribution is -2.53. The standard InChI is InChI=1S/C25H31N3O2S/c29-31(30,21-4-2-1-3-5-21)28-13-8-19-14-18(6-7-24(19)28)22-15-23(22)27-20-16-25(17-20)9-11-26-12-10-25/h1-7,14,20,22-23,26-27H,8-13,15-17H2. The fourth-order valence-corrected chi connectivity index (χ4v) is 7.63. The second kappa shape index (κ2) is 7.32. The molecule has 2 aliphatic carbocycles. The molecule has 2 saturated carbocycles. The predicted octanol–water partition coefficient (Wildman–Crippen LogP) is 3.42. The second-order valence-electron chi connectivity index (χ2n) is 10.00. The Morgan fingerprint density at radius 2 is 1.81 bits per heavy atom. The Bertz CT molecular complexity index is 1070. The molecule has 164 valence electrons. The Hall–Kier alpha value is -1.89. The average Bonchev–Trinajstić information content (AvgIpc) is 3.40.